The Hall–Kier alpha value is -6.32. The molecule has 0 amide bonds. The molecule has 0 bridgehead atoms. The molecule has 0 saturated carbocycles. The third-order valence-electron chi connectivity index (χ3n) is 11.9. The molecule has 0 aliphatic carbocycles. The van der Waals surface area contributed by atoms with Gasteiger partial charge in [0.25, 0.3) is 14.1 Å². The van der Waals surface area contributed by atoms with E-state index in [9.17, 15) is 14.9 Å². The van der Waals surface area contributed by atoms with Crippen molar-refractivity contribution in [3.8, 4) is 17.6 Å². The van der Waals surface area contributed by atoms with Crippen LogP contribution in [-0.2, 0) is 40.4 Å². The number of aromatic nitrogens is 7. The maximum Gasteiger partial charge on any atom is 0.312 e. The molecule has 1 unspecified atom stereocenters. The molecule has 1 saturated heterocycles. The molecule has 4 atom stereocenters. The minimum absolute atomic E-state index is 0.0104. The fourth-order valence-corrected chi connectivity index (χ4v) is 10.3. The van der Waals surface area contributed by atoms with Gasteiger partial charge in [-0.2, -0.15) is 10.2 Å². The molecule has 69 heavy (non-hydrogen) atoms. The Balaban J connectivity index is 1.24. The Morgan fingerprint density at radius 2 is 1.48 bits per heavy atom. The zero-order chi connectivity index (χ0) is 49.0. The van der Waals surface area contributed by atoms with Gasteiger partial charge in [-0.05, 0) is 89.4 Å². The van der Waals surface area contributed by atoms with Crippen LogP contribution in [0.3, 0.4) is 0 Å². The van der Waals surface area contributed by atoms with Crippen molar-refractivity contribution in [3.63, 3.8) is 0 Å². The van der Waals surface area contributed by atoms with Gasteiger partial charge in [-0.25, -0.2) is 24.0 Å². The fourth-order valence-electron chi connectivity index (χ4n) is 8.59. The minimum Gasteiger partial charge on any atom is -0.497 e. The topological polar surface area (TPSA) is 192 Å². The molecule has 0 radical (unpaired) electrons. The Bertz CT molecular complexity index is 2930. The second kappa shape index (κ2) is 20.7. The lowest BCUT2D eigenvalue weighted by Gasteiger charge is -2.39. The summed E-state index contributed by atoms with van der Waals surface area (Å²) in [6.07, 6.45) is 2.79. The van der Waals surface area contributed by atoms with E-state index in [2.05, 4.69) is 53.4 Å². The van der Waals surface area contributed by atoms with Crippen LogP contribution < -0.4 is 15.0 Å². The van der Waals surface area contributed by atoms with Crippen LogP contribution in [0.2, 0.25) is 0 Å². The zero-order valence-electron chi connectivity index (χ0n) is 40.3. The van der Waals surface area contributed by atoms with Crippen LogP contribution in [0, 0.1) is 16.7 Å². The third kappa shape index (κ3) is 9.81. The van der Waals surface area contributed by atoms with Crippen LogP contribution >= 0.6 is 8.53 Å². The first-order valence-corrected chi connectivity index (χ1v) is 24.0. The van der Waals surface area contributed by atoms with E-state index in [-0.39, 0.29) is 67.5 Å². The highest BCUT2D eigenvalue weighted by molar-refractivity contribution is 7.44. The van der Waals surface area contributed by atoms with Crippen molar-refractivity contribution in [1.29, 1.82) is 5.26 Å². The van der Waals surface area contributed by atoms with Gasteiger partial charge in [-0.1, -0.05) is 54.6 Å². The number of ether oxygens (including phenoxy) is 5. The molecule has 0 spiro atoms. The normalized spacial score (nSPS) is 17.1. The van der Waals surface area contributed by atoms with E-state index in [1.165, 1.54) is 23.1 Å². The van der Waals surface area contributed by atoms with Gasteiger partial charge in [0.15, 0.2) is 29.2 Å². The van der Waals surface area contributed by atoms with Crippen molar-refractivity contribution < 1.29 is 37.5 Å². The summed E-state index contributed by atoms with van der Waals surface area (Å²) in [6.45, 7) is 13.5. The first kappa shape index (κ1) is 49.1. The number of rotatable bonds is 19. The average Bonchev–Trinajstić information content (AvgIpc) is 4.05. The lowest BCUT2D eigenvalue weighted by atomic mass is 9.80. The maximum atomic E-state index is 14.5. The molecule has 19 heteroatoms. The summed E-state index contributed by atoms with van der Waals surface area (Å²) in [6, 6.07) is 27.8. The Morgan fingerprint density at radius 3 is 2.06 bits per heavy atom. The van der Waals surface area contributed by atoms with Gasteiger partial charge in [0, 0.05) is 30.9 Å². The molecular weight excluding hydrogens is 902 g/mol. The van der Waals surface area contributed by atoms with Gasteiger partial charge in [-0.3, -0.25) is 18.7 Å². The molecule has 362 valence electrons. The lowest BCUT2D eigenvalue weighted by Crippen LogP contribution is -2.39. The molecular formula is C50H58N9O9P. The van der Waals surface area contributed by atoms with Gasteiger partial charge < -0.3 is 32.7 Å². The molecule has 18 nitrogen and oxygen atoms in total. The number of carbonyl (C=O) groups is 1. The number of hydrogen-bond acceptors (Lipinski definition) is 15. The summed E-state index contributed by atoms with van der Waals surface area (Å²) in [5.74, 6) is 1.08. The standard InChI is InChI=1S/C50H58N9O9P/c1-32(2)59(33(3)4)69(66-27-13-24-51)68-39-28-41(56-30-54-42-43(56)55-48-57(31-64-47(61)49(5,6)7)44-45(53-26-25-52-44)58(48)46(42)60)67-40(39)29-65-50(34-14-11-10-12-15-34,35-16-20-37(62-8)21-17-35)36-18-22-38(63-9)23-19-36/h10-12,14-23,25-26,30,32-33,39-41H,13,27-29,31H2,1-9H3/t39-,40+,41+,69?/m0/s1. The van der Waals surface area contributed by atoms with Crippen molar-refractivity contribution >= 4 is 42.7 Å². The van der Waals surface area contributed by atoms with E-state index in [1.54, 1.807) is 44.1 Å². The molecule has 0 N–H and O–H groups in total. The molecule has 4 aromatic heterocycles. The monoisotopic (exact) mass is 959 g/mol. The van der Waals surface area contributed by atoms with E-state index in [4.69, 9.17) is 37.7 Å². The summed E-state index contributed by atoms with van der Waals surface area (Å²) >= 11 is 0. The van der Waals surface area contributed by atoms with E-state index in [0.717, 1.165) is 16.7 Å². The number of nitrogens with zero attached hydrogens (tertiary/aromatic N) is 9. The predicted octanol–water partition coefficient (Wildman–Crippen LogP) is 8.31. The SMILES string of the molecule is COc1ccc(C(OC[C@H]2O[C@@H](n3cnc4c(=O)n5c6nccnc6n(COC(=O)C(C)(C)C)c5nc43)C[C@@H]2OP(OCCC#N)N(C(C)C)C(C)C)(c2ccccc2)c2ccc(OC)cc2)cc1. The summed E-state index contributed by atoms with van der Waals surface area (Å²) < 4.78 is 51.7. The van der Waals surface area contributed by atoms with Gasteiger partial charge in [0.05, 0.1) is 57.8 Å². The second-order valence-corrected chi connectivity index (χ2v) is 19.6. The van der Waals surface area contributed by atoms with Crippen LogP contribution in [-0.4, -0.2) is 95.8 Å². The van der Waals surface area contributed by atoms with E-state index in [1.807, 2.05) is 78.9 Å². The molecule has 7 aromatic rings. The number of hydrogen-bond donors (Lipinski definition) is 0. The second-order valence-electron chi connectivity index (χ2n) is 18.2. The quantitative estimate of drug-likeness (QED) is 0.0325. The van der Waals surface area contributed by atoms with Crippen LogP contribution in [0.1, 0.15) is 84.2 Å². The first-order chi connectivity index (χ1) is 33.2. The highest BCUT2D eigenvalue weighted by Crippen LogP contribution is 2.51. The highest BCUT2D eigenvalue weighted by atomic mass is 31.2. The predicted molar refractivity (Wildman–Crippen MR) is 258 cm³/mol. The largest absolute Gasteiger partial charge is 0.497 e. The number of nitriles is 1. The Labute approximate surface area is 401 Å². The lowest BCUT2D eigenvalue weighted by molar-refractivity contribution is -0.156. The van der Waals surface area contributed by atoms with Crippen LogP contribution in [0.25, 0.3) is 28.2 Å². The minimum atomic E-state index is -1.74. The summed E-state index contributed by atoms with van der Waals surface area (Å²) in [7, 11) is 1.51. The Morgan fingerprint density at radius 1 is 0.870 bits per heavy atom. The average molecular weight is 960 g/mol. The van der Waals surface area contributed by atoms with Crippen LogP contribution in [0.15, 0.2) is 102 Å². The van der Waals surface area contributed by atoms with Gasteiger partial charge >= 0.3 is 5.97 Å². The molecule has 1 aliphatic rings. The van der Waals surface area contributed by atoms with E-state index >= 15 is 0 Å². The number of carbonyl (C=O) groups excluding carboxylic acids is 1. The van der Waals surface area contributed by atoms with Gasteiger partial charge in [-0.15, -0.1) is 0 Å². The first-order valence-electron chi connectivity index (χ1n) is 22.8. The fraction of sp³-hybridized carbons (Fsp3) is 0.420. The third-order valence-corrected chi connectivity index (χ3v) is 14.1. The summed E-state index contributed by atoms with van der Waals surface area (Å²) in [5.41, 5.74) is 0.900. The smallest absolute Gasteiger partial charge is 0.312 e. The Kier molecular flexibility index (Phi) is 14.8. The van der Waals surface area contributed by atoms with E-state index in [0.29, 0.717) is 17.1 Å². The van der Waals surface area contributed by atoms with Crippen LogP contribution in [0.5, 0.6) is 11.5 Å². The maximum absolute atomic E-state index is 14.5. The molecule has 5 heterocycles. The van der Waals surface area contributed by atoms with Gasteiger partial charge in [0.1, 0.15) is 29.4 Å². The molecule has 1 aliphatic heterocycles. The van der Waals surface area contributed by atoms with Crippen LogP contribution in [0.4, 0.5) is 0 Å². The van der Waals surface area contributed by atoms with Crippen molar-refractivity contribution in [1.82, 2.24) is 38.1 Å². The number of esters is 1. The number of fused-ring (bicyclic) bond motifs is 4. The van der Waals surface area contributed by atoms with Crippen molar-refractivity contribution in [2.45, 2.75) is 104 Å². The molecule has 8 rings (SSSR count). The van der Waals surface area contributed by atoms with Crippen molar-refractivity contribution in [3.05, 3.63) is 125 Å². The number of imidazole rings is 2. The molecule has 1 fully saturated rings. The highest BCUT2D eigenvalue weighted by Gasteiger charge is 2.45. The van der Waals surface area contributed by atoms with E-state index < -0.39 is 49.5 Å². The summed E-state index contributed by atoms with van der Waals surface area (Å²) in [5, 5.41) is 9.51. The summed E-state index contributed by atoms with van der Waals surface area (Å²) in [4.78, 5) is 46.0. The zero-order valence-corrected chi connectivity index (χ0v) is 41.2. The van der Waals surface area contributed by atoms with Gasteiger partial charge in [0.2, 0.25) is 5.78 Å². The van der Waals surface area contributed by atoms with Crippen molar-refractivity contribution in [2.75, 3.05) is 27.4 Å². The number of methoxy groups -OCH3 is 2. The number of benzene rings is 3. The van der Waals surface area contributed by atoms with Crippen molar-refractivity contribution in [2.24, 2.45) is 5.41 Å². The molecule has 3 aromatic carbocycles.